The molecule has 0 unspecified atom stereocenters. The van der Waals surface area contributed by atoms with E-state index in [9.17, 15) is 4.79 Å². The van der Waals surface area contributed by atoms with Crippen molar-refractivity contribution in [1.29, 1.82) is 0 Å². The van der Waals surface area contributed by atoms with Gasteiger partial charge in [0.2, 0.25) is 0 Å². The molecular weight excluding hydrogens is 232 g/mol. The van der Waals surface area contributed by atoms with Crippen LogP contribution in [0.15, 0.2) is 18.2 Å². The summed E-state index contributed by atoms with van der Waals surface area (Å²) in [5.41, 5.74) is 3.83. The first-order valence-electron chi connectivity index (χ1n) is 7.92. The van der Waals surface area contributed by atoms with Crippen molar-refractivity contribution < 1.29 is 4.79 Å². The molecule has 0 amide bonds. The Morgan fingerprint density at radius 2 is 1.68 bits per heavy atom. The molecule has 0 radical (unpaired) electrons. The molecule has 1 aromatic carbocycles. The predicted molar refractivity (Wildman–Crippen MR) is 80.7 cm³/mol. The quantitative estimate of drug-likeness (QED) is 0.659. The number of aryl methyl sites for hydroxylation is 2. The maximum absolute atomic E-state index is 12.6. The fourth-order valence-electron chi connectivity index (χ4n) is 3.23. The molecule has 0 atom stereocenters. The zero-order chi connectivity index (χ0) is 13.7. The Hall–Kier alpha value is -1.11. The second kappa shape index (κ2) is 6.88. The lowest BCUT2D eigenvalue weighted by atomic mass is 9.85. The van der Waals surface area contributed by atoms with Crippen LogP contribution in [0.2, 0.25) is 0 Å². The zero-order valence-corrected chi connectivity index (χ0v) is 12.4. The number of rotatable bonds is 6. The fraction of sp³-hybridized carbons (Fsp3) is 0.611. The monoisotopic (exact) mass is 258 g/mol. The summed E-state index contributed by atoms with van der Waals surface area (Å²) in [4.78, 5) is 12.6. The molecular formula is C18H26O. The Kier molecular flexibility index (Phi) is 5.18. The number of fused-ring (bicyclic) bond motifs is 1. The van der Waals surface area contributed by atoms with Crippen LogP contribution in [0.4, 0.5) is 0 Å². The van der Waals surface area contributed by atoms with Crippen molar-refractivity contribution in [3.05, 3.63) is 34.9 Å². The number of hydrogen-bond acceptors (Lipinski definition) is 1. The molecule has 1 aliphatic carbocycles. The van der Waals surface area contributed by atoms with E-state index in [2.05, 4.69) is 32.0 Å². The lowest BCUT2D eigenvalue weighted by Crippen LogP contribution is -2.15. The van der Waals surface area contributed by atoms with Gasteiger partial charge in [-0.1, -0.05) is 38.8 Å². The molecule has 2 rings (SSSR count). The smallest absolute Gasteiger partial charge is 0.165 e. The summed E-state index contributed by atoms with van der Waals surface area (Å²) in [6.45, 7) is 4.34. The Morgan fingerprint density at radius 1 is 1.05 bits per heavy atom. The Bertz CT molecular complexity index is 427. The standard InChI is InChI=1S/C18H26O/c1-3-7-15(8-4-2)18(19)17-12-11-14-9-5-6-10-16(14)13-17/h11-13,15H,3-10H2,1-2H3. The van der Waals surface area contributed by atoms with Crippen molar-refractivity contribution >= 4 is 5.78 Å². The average Bonchev–Trinajstić information content (AvgIpc) is 2.46. The van der Waals surface area contributed by atoms with E-state index in [1.807, 2.05) is 0 Å². The highest BCUT2D eigenvalue weighted by atomic mass is 16.1. The molecule has 0 bridgehead atoms. The van der Waals surface area contributed by atoms with Crippen molar-refractivity contribution in [2.24, 2.45) is 5.92 Å². The minimum absolute atomic E-state index is 0.233. The van der Waals surface area contributed by atoms with Gasteiger partial charge in [-0.15, -0.1) is 0 Å². The van der Waals surface area contributed by atoms with Crippen LogP contribution in [-0.4, -0.2) is 5.78 Å². The van der Waals surface area contributed by atoms with Crippen molar-refractivity contribution in [2.45, 2.75) is 65.2 Å². The largest absolute Gasteiger partial charge is 0.294 e. The summed E-state index contributed by atoms with van der Waals surface area (Å²) < 4.78 is 0. The second-order valence-electron chi connectivity index (χ2n) is 5.83. The minimum atomic E-state index is 0.233. The lowest BCUT2D eigenvalue weighted by Gasteiger charge is -2.18. The highest BCUT2D eigenvalue weighted by molar-refractivity contribution is 5.98. The maximum atomic E-state index is 12.6. The second-order valence-corrected chi connectivity index (χ2v) is 5.83. The van der Waals surface area contributed by atoms with Gasteiger partial charge in [-0.05, 0) is 55.7 Å². The van der Waals surface area contributed by atoms with Gasteiger partial charge < -0.3 is 0 Å². The van der Waals surface area contributed by atoms with Gasteiger partial charge in [0.05, 0.1) is 0 Å². The van der Waals surface area contributed by atoms with Crippen molar-refractivity contribution in [3.63, 3.8) is 0 Å². The molecule has 0 fully saturated rings. The lowest BCUT2D eigenvalue weighted by molar-refractivity contribution is 0.0905. The van der Waals surface area contributed by atoms with Gasteiger partial charge in [-0.2, -0.15) is 0 Å². The van der Waals surface area contributed by atoms with E-state index in [4.69, 9.17) is 0 Å². The Labute approximate surface area is 117 Å². The molecule has 0 aliphatic heterocycles. The molecule has 1 aromatic rings. The van der Waals surface area contributed by atoms with Crippen LogP contribution in [0.25, 0.3) is 0 Å². The Balaban J connectivity index is 2.17. The van der Waals surface area contributed by atoms with Gasteiger partial charge in [0.25, 0.3) is 0 Å². The molecule has 0 heterocycles. The van der Waals surface area contributed by atoms with Crippen LogP contribution < -0.4 is 0 Å². The molecule has 0 N–H and O–H groups in total. The van der Waals surface area contributed by atoms with Gasteiger partial charge in [-0.3, -0.25) is 4.79 Å². The third-order valence-electron chi connectivity index (χ3n) is 4.28. The molecule has 0 saturated heterocycles. The molecule has 0 saturated carbocycles. The summed E-state index contributed by atoms with van der Waals surface area (Å²) in [5, 5.41) is 0. The minimum Gasteiger partial charge on any atom is -0.294 e. The third-order valence-corrected chi connectivity index (χ3v) is 4.28. The summed E-state index contributed by atoms with van der Waals surface area (Å²) in [6.07, 6.45) is 9.18. The number of benzene rings is 1. The van der Waals surface area contributed by atoms with Gasteiger partial charge in [-0.25, -0.2) is 0 Å². The van der Waals surface area contributed by atoms with Crippen molar-refractivity contribution in [1.82, 2.24) is 0 Å². The highest BCUT2D eigenvalue weighted by Gasteiger charge is 2.20. The first-order valence-corrected chi connectivity index (χ1v) is 7.92. The van der Waals surface area contributed by atoms with Crippen LogP contribution in [0.1, 0.15) is 73.9 Å². The van der Waals surface area contributed by atoms with Gasteiger partial charge in [0.15, 0.2) is 5.78 Å². The van der Waals surface area contributed by atoms with E-state index >= 15 is 0 Å². The zero-order valence-electron chi connectivity index (χ0n) is 12.4. The summed E-state index contributed by atoms with van der Waals surface area (Å²) in [6, 6.07) is 6.43. The van der Waals surface area contributed by atoms with E-state index in [0.29, 0.717) is 5.78 Å². The highest BCUT2D eigenvalue weighted by Crippen LogP contribution is 2.25. The van der Waals surface area contributed by atoms with E-state index in [1.54, 1.807) is 0 Å². The number of ketones is 1. The molecule has 1 heteroatoms. The van der Waals surface area contributed by atoms with Gasteiger partial charge in [0.1, 0.15) is 0 Å². The van der Waals surface area contributed by atoms with Crippen LogP contribution >= 0.6 is 0 Å². The van der Waals surface area contributed by atoms with Gasteiger partial charge >= 0.3 is 0 Å². The summed E-state index contributed by atoms with van der Waals surface area (Å²) >= 11 is 0. The number of carbonyl (C=O) groups excluding carboxylic acids is 1. The van der Waals surface area contributed by atoms with E-state index < -0.39 is 0 Å². The summed E-state index contributed by atoms with van der Waals surface area (Å²) in [7, 11) is 0. The first kappa shape index (κ1) is 14.3. The number of hydrogen-bond donors (Lipinski definition) is 0. The molecule has 1 nitrogen and oxygen atoms in total. The molecule has 0 spiro atoms. The van der Waals surface area contributed by atoms with Crippen LogP contribution in [0, 0.1) is 5.92 Å². The number of carbonyl (C=O) groups is 1. The SMILES string of the molecule is CCCC(CCC)C(=O)c1ccc2c(c1)CCCC2. The van der Waals surface area contributed by atoms with E-state index in [-0.39, 0.29) is 5.92 Å². The normalized spacial score (nSPS) is 14.5. The van der Waals surface area contributed by atoms with Crippen LogP contribution in [0.3, 0.4) is 0 Å². The van der Waals surface area contributed by atoms with Crippen molar-refractivity contribution in [2.75, 3.05) is 0 Å². The predicted octanol–water partition coefficient (Wildman–Crippen LogP) is 4.96. The van der Waals surface area contributed by atoms with E-state index in [0.717, 1.165) is 37.7 Å². The topological polar surface area (TPSA) is 17.1 Å². The summed E-state index contributed by atoms with van der Waals surface area (Å²) in [5.74, 6) is 0.605. The van der Waals surface area contributed by atoms with E-state index in [1.165, 1.54) is 30.4 Å². The first-order chi connectivity index (χ1) is 9.26. The molecule has 1 aliphatic rings. The average molecular weight is 258 g/mol. The Morgan fingerprint density at radius 3 is 2.32 bits per heavy atom. The van der Waals surface area contributed by atoms with Gasteiger partial charge in [0, 0.05) is 11.5 Å². The third kappa shape index (κ3) is 3.46. The van der Waals surface area contributed by atoms with Crippen LogP contribution in [0.5, 0.6) is 0 Å². The molecule has 104 valence electrons. The molecule has 19 heavy (non-hydrogen) atoms. The number of Topliss-reactive ketones (excluding diaryl/α,β-unsaturated/α-hetero) is 1. The van der Waals surface area contributed by atoms with Crippen LogP contribution in [-0.2, 0) is 12.8 Å². The fourth-order valence-corrected chi connectivity index (χ4v) is 3.23. The maximum Gasteiger partial charge on any atom is 0.165 e. The van der Waals surface area contributed by atoms with Crippen molar-refractivity contribution in [3.8, 4) is 0 Å². The molecule has 0 aromatic heterocycles.